The second-order valence-corrected chi connectivity index (χ2v) is 7.08. The van der Waals surface area contributed by atoms with Gasteiger partial charge in [-0.3, -0.25) is 14.5 Å². The molecule has 1 N–H and O–H groups in total. The summed E-state index contributed by atoms with van der Waals surface area (Å²) in [5, 5.41) is 0. The van der Waals surface area contributed by atoms with Gasteiger partial charge in [-0.1, -0.05) is 12.1 Å². The number of methoxy groups -OCH3 is 1. The van der Waals surface area contributed by atoms with E-state index in [1.54, 1.807) is 7.11 Å². The van der Waals surface area contributed by atoms with Crippen LogP contribution in [0, 0.1) is 5.92 Å². The van der Waals surface area contributed by atoms with E-state index >= 15 is 0 Å². The first kappa shape index (κ1) is 17.8. The van der Waals surface area contributed by atoms with Crippen molar-refractivity contribution in [2.24, 2.45) is 5.92 Å². The summed E-state index contributed by atoms with van der Waals surface area (Å²) >= 11 is 0. The summed E-state index contributed by atoms with van der Waals surface area (Å²) < 4.78 is 5.18. The van der Waals surface area contributed by atoms with Gasteiger partial charge in [-0.05, 0) is 64.4 Å². The molecule has 0 atom stereocenters. The maximum atomic E-state index is 12.1. The number of rotatable bonds is 5. The van der Waals surface area contributed by atoms with Crippen LogP contribution in [0.2, 0.25) is 0 Å². The van der Waals surface area contributed by atoms with Gasteiger partial charge in [0.15, 0.2) is 0 Å². The predicted molar refractivity (Wildman–Crippen MR) is 90.0 cm³/mol. The fourth-order valence-electron chi connectivity index (χ4n) is 2.63. The molecular weight excluding hydrogens is 292 g/mol. The van der Waals surface area contributed by atoms with E-state index in [4.69, 9.17) is 9.57 Å². The molecular formula is C18H28N2O3. The van der Waals surface area contributed by atoms with Gasteiger partial charge in [0.25, 0.3) is 0 Å². The lowest BCUT2D eigenvalue weighted by Crippen LogP contribution is -2.42. The molecule has 1 aliphatic rings. The number of nitrogens with one attached hydrogen (secondary N) is 1. The summed E-state index contributed by atoms with van der Waals surface area (Å²) in [7, 11) is 1.67. The standard InChI is InChI=1S/C18H28N2O3/c1-18(2,3)23-19-17(21)15-9-11-20(12-10-15)13-14-5-7-16(22-4)8-6-14/h5-8,15H,9-13H2,1-4H3,(H,19,21). The molecule has 1 heterocycles. The summed E-state index contributed by atoms with van der Waals surface area (Å²) in [6.45, 7) is 8.54. The van der Waals surface area contributed by atoms with Crippen molar-refractivity contribution in [3.05, 3.63) is 29.8 Å². The van der Waals surface area contributed by atoms with E-state index in [-0.39, 0.29) is 17.4 Å². The monoisotopic (exact) mass is 320 g/mol. The van der Waals surface area contributed by atoms with Gasteiger partial charge in [0.1, 0.15) is 5.75 Å². The first-order chi connectivity index (χ1) is 10.9. The Morgan fingerprint density at radius 2 is 1.83 bits per heavy atom. The zero-order valence-electron chi connectivity index (χ0n) is 14.6. The summed E-state index contributed by atoms with van der Waals surface area (Å²) in [4.78, 5) is 19.9. The number of nitrogens with zero attached hydrogens (tertiary/aromatic N) is 1. The third-order valence-electron chi connectivity index (χ3n) is 3.98. The Morgan fingerprint density at radius 3 is 2.35 bits per heavy atom. The third kappa shape index (κ3) is 5.84. The Bertz CT molecular complexity index is 500. The van der Waals surface area contributed by atoms with Crippen LogP contribution in [-0.4, -0.2) is 36.6 Å². The molecule has 23 heavy (non-hydrogen) atoms. The van der Waals surface area contributed by atoms with Crippen molar-refractivity contribution < 1.29 is 14.4 Å². The highest BCUT2D eigenvalue weighted by Crippen LogP contribution is 2.20. The lowest BCUT2D eigenvalue weighted by atomic mass is 9.96. The lowest BCUT2D eigenvalue weighted by molar-refractivity contribution is -0.151. The molecule has 1 aromatic carbocycles. The van der Waals surface area contributed by atoms with Crippen molar-refractivity contribution in [1.29, 1.82) is 0 Å². The highest BCUT2D eigenvalue weighted by atomic mass is 16.7. The largest absolute Gasteiger partial charge is 0.497 e. The van der Waals surface area contributed by atoms with Crippen molar-refractivity contribution in [1.82, 2.24) is 10.4 Å². The zero-order valence-corrected chi connectivity index (χ0v) is 14.6. The van der Waals surface area contributed by atoms with E-state index in [9.17, 15) is 4.79 Å². The third-order valence-corrected chi connectivity index (χ3v) is 3.98. The van der Waals surface area contributed by atoms with Crippen LogP contribution >= 0.6 is 0 Å². The molecule has 0 aliphatic carbocycles. The number of hydroxylamine groups is 1. The second kappa shape index (κ2) is 7.79. The fraction of sp³-hybridized carbons (Fsp3) is 0.611. The van der Waals surface area contributed by atoms with Crippen LogP contribution < -0.4 is 10.2 Å². The highest BCUT2D eigenvalue weighted by molar-refractivity contribution is 5.77. The number of benzene rings is 1. The predicted octanol–water partition coefficient (Wildman–Crippen LogP) is 2.75. The van der Waals surface area contributed by atoms with Crippen molar-refractivity contribution >= 4 is 5.91 Å². The minimum atomic E-state index is -0.356. The average Bonchev–Trinajstić information content (AvgIpc) is 2.53. The van der Waals surface area contributed by atoms with Gasteiger partial charge in [-0.25, -0.2) is 5.48 Å². The van der Waals surface area contributed by atoms with Gasteiger partial charge in [-0.15, -0.1) is 0 Å². The molecule has 1 amide bonds. The zero-order chi connectivity index (χ0) is 16.9. The van der Waals surface area contributed by atoms with E-state index in [1.807, 2.05) is 32.9 Å². The van der Waals surface area contributed by atoms with E-state index < -0.39 is 0 Å². The minimum Gasteiger partial charge on any atom is -0.497 e. The van der Waals surface area contributed by atoms with Crippen LogP contribution in [0.25, 0.3) is 0 Å². The molecule has 1 saturated heterocycles. The molecule has 128 valence electrons. The van der Waals surface area contributed by atoms with E-state index in [1.165, 1.54) is 5.56 Å². The van der Waals surface area contributed by atoms with Crippen molar-refractivity contribution in [2.45, 2.75) is 45.8 Å². The molecule has 0 aromatic heterocycles. The van der Waals surface area contributed by atoms with Gasteiger partial charge in [-0.2, -0.15) is 0 Å². The lowest BCUT2D eigenvalue weighted by Gasteiger charge is -2.31. The highest BCUT2D eigenvalue weighted by Gasteiger charge is 2.26. The van der Waals surface area contributed by atoms with E-state index in [0.717, 1.165) is 38.2 Å². The van der Waals surface area contributed by atoms with E-state index in [0.29, 0.717) is 0 Å². The van der Waals surface area contributed by atoms with Crippen LogP contribution in [0.3, 0.4) is 0 Å². The number of hydrogen-bond acceptors (Lipinski definition) is 4. The first-order valence-corrected chi connectivity index (χ1v) is 8.20. The SMILES string of the molecule is COc1ccc(CN2CCC(C(=O)NOC(C)(C)C)CC2)cc1. The van der Waals surface area contributed by atoms with Crippen molar-refractivity contribution in [3.8, 4) is 5.75 Å². The molecule has 2 rings (SSSR count). The molecule has 0 spiro atoms. The van der Waals surface area contributed by atoms with Gasteiger partial charge in [0.05, 0.1) is 12.7 Å². The summed E-state index contributed by atoms with van der Waals surface area (Å²) in [5.41, 5.74) is 3.51. The molecule has 0 saturated carbocycles. The fourth-order valence-corrected chi connectivity index (χ4v) is 2.63. The van der Waals surface area contributed by atoms with Gasteiger partial charge >= 0.3 is 0 Å². The van der Waals surface area contributed by atoms with Crippen LogP contribution in [0.1, 0.15) is 39.2 Å². The number of carbonyl (C=O) groups is 1. The topological polar surface area (TPSA) is 50.8 Å². The molecule has 0 bridgehead atoms. The maximum absolute atomic E-state index is 12.1. The number of piperidine rings is 1. The summed E-state index contributed by atoms with van der Waals surface area (Å²) in [5.74, 6) is 0.927. The normalized spacial score (nSPS) is 17.0. The smallest absolute Gasteiger partial charge is 0.246 e. The molecule has 5 nitrogen and oxygen atoms in total. The summed E-state index contributed by atoms with van der Waals surface area (Å²) in [6, 6.07) is 8.16. The Hall–Kier alpha value is -1.59. The number of likely N-dealkylation sites (tertiary alicyclic amines) is 1. The molecule has 0 radical (unpaired) electrons. The van der Waals surface area contributed by atoms with Crippen molar-refractivity contribution in [2.75, 3.05) is 20.2 Å². The summed E-state index contributed by atoms with van der Waals surface area (Å²) in [6.07, 6.45) is 1.74. The molecule has 1 aromatic rings. The quantitative estimate of drug-likeness (QED) is 0.848. The average molecular weight is 320 g/mol. The Kier molecular flexibility index (Phi) is 6.02. The molecule has 0 unspecified atom stereocenters. The molecule has 1 aliphatic heterocycles. The Morgan fingerprint density at radius 1 is 1.22 bits per heavy atom. The van der Waals surface area contributed by atoms with Gasteiger partial charge in [0, 0.05) is 12.5 Å². The number of ether oxygens (including phenoxy) is 1. The Labute approximate surface area is 138 Å². The van der Waals surface area contributed by atoms with Crippen LogP contribution in [-0.2, 0) is 16.2 Å². The maximum Gasteiger partial charge on any atom is 0.246 e. The minimum absolute atomic E-state index is 0.00372. The number of carbonyl (C=O) groups excluding carboxylic acids is 1. The molecule has 1 fully saturated rings. The van der Waals surface area contributed by atoms with Crippen molar-refractivity contribution in [3.63, 3.8) is 0 Å². The molecule has 5 heteroatoms. The Balaban J connectivity index is 1.75. The van der Waals surface area contributed by atoms with Gasteiger partial charge < -0.3 is 4.74 Å². The van der Waals surface area contributed by atoms with Crippen LogP contribution in [0.5, 0.6) is 5.75 Å². The van der Waals surface area contributed by atoms with Gasteiger partial charge in [0.2, 0.25) is 5.91 Å². The van der Waals surface area contributed by atoms with E-state index in [2.05, 4.69) is 22.5 Å². The first-order valence-electron chi connectivity index (χ1n) is 8.20. The second-order valence-electron chi connectivity index (χ2n) is 7.08. The number of hydrogen-bond donors (Lipinski definition) is 1. The number of amides is 1. The van der Waals surface area contributed by atoms with Crippen LogP contribution in [0.15, 0.2) is 24.3 Å². The van der Waals surface area contributed by atoms with Crippen LogP contribution in [0.4, 0.5) is 0 Å².